The lowest BCUT2D eigenvalue weighted by Crippen LogP contribution is -2.15. The van der Waals surface area contributed by atoms with E-state index in [2.05, 4.69) is 4.74 Å². The number of benzene rings is 1. The molecule has 0 amide bonds. The molecule has 0 saturated heterocycles. The van der Waals surface area contributed by atoms with Crippen LogP contribution in [0.3, 0.4) is 0 Å². The Balaban J connectivity index is 2.49. The van der Waals surface area contributed by atoms with Gasteiger partial charge in [-0.25, -0.2) is 0 Å². The number of halogens is 2. The van der Waals surface area contributed by atoms with Crippen LogP contribution in [0.5, 0.6) is 5.75 Å². The van der Waals surface area contributed by atoms with Crippen molar-refractivity contribution in [3.05, 3.63) is 29.8 Å². The SMILES string of the molecule is C[C@H](N)CCc1ccc(OC(F)F)cc1. The van der Waals surface area contributed by atoms with Gasteiger partial charge in [0.15, 0.2) is 0 Å². The zero-order chi connectivity index (χ0) is 11.3. The van der Waals surface area contributed by atoms with E-state index in [4.69, 9.17) is 5.73 Å². The van der Waals surface area contributed by atoms with Gasteiger partial charge in [-0.05, 0) is 37.5 Å². The van der Waals surface area contributed by atoms with Crippen LogP contribution >= 0.6 is 0 Å². The van der Waals surface area contributed by atoms with Gasteiger partial charge >= 0.3 is 6.61 Å². The molecule has 1 atom stereocenters. The van der Waals surface area contributed by atoms with Gasteiger partial charge in [0.05, 0.1) is 0 Å². The predicted octanol–water partition coefficient (Wildman–Crippen LogP) is 2.57. The molecule has 0 heterocycles. The van der Waals surface area contributed by atoms with Gasteiger partial charge in [-0.2, -0.15) is 8.78 Å². The smallest absolute Gasteiger partial charge is 0.387 e. The molecule has 0 saturated carbocycles. The lowest BCUT2D eigenvalue weighted by molar-refractivity contribution is -0.0498. The van der Waals surface area contributed by atoms with Crippen molar-refractivity contribution in [2.75, 3.05) is 0 Å². The Morgan fingerprint density at radius 1 is 1.27 bits per heavy atom. The third-order valence-corrected chi connectivity index (χ3v) is 2.04. The number of nitrogens with two attached hydrogens (primary N) is 1. The fraction of sp³-hybridized carbons (Fsp3) is 0.455. The van der Waals surface area contributed by atoms with E-state index in [1.165, 1.54) is 0 Å². The van der Waals surface area contributed by atoms with E-state index in [0.717, 1.165) is 18.4 Å². The summed E-state index contributed by atoms with van der Waals surface area (Å²) in [5.41, 5.74) is 6.69. The van der Waals surface area contributed by atoms with Crippen LogP contribution in [0.4, 0.5) is 8.78 Å². The fourth-order valence-electron chi connectivity index (χ4n) is 1.23. The molecule has 0 aromatic heterocycles. The third-order valence-electron chi connectivity index (χ3n) is 2.04. The minimum Gasteiger partial charge on any atom is -0.435 e. The maximum absolute atomic E-state index is 11.8. The van der Waals surface area contributed by atoms with Gasteiger partial charge in [0.1, 0.15) is 5.75 Å². The van der Waals surface area contributed by atoms with E-state index in [-0.39, 0.29) is 11.8 Å². The molecule has 0 aliphatic heterocycles. The number of alkyl halides is 2. The van der Waals surface area contributed by atoms with Crippen LogP contribution < -0.4 is 10.5 Å². The zero-order valence-electron chi connectivity index (χ0n) is 8.62. The summed E-state index contributed by atoms with van der Waals surface area (Å²) in [5, 5.41) is 0. The first-order valence-electron chi connectivity index (χ1n) is 4.87. The highest BCUT2D eigenvalue weighted by Crippen LogP contribution is 2.15. The molecule has 0 aliphatic rings. The second-order valence-electron chi connectivity index (χ2n) is 3.54. The van der Waals surface area contributed by atoms with Gasteiger partial charge in [-0.1, -0.05) is 12.1 Å². The molecule has 0 aliphatic carbocycles. The van der Waals surface area contributed by atoms with Crippen LogP contribution in [0.25, 0.3) is 0 Å². The third kappa shape index (κ3) is 4.74. The summed E-state index contributed by atoms with van der Waals surface area (Å²) in [6.45, 7) is -0.825. The van der Waals surface area contributed by atoms with E-state index in [9.17, 15) is 8.78 Å². The summed E-state index contributed by atoms with van der Waals surface area (Å²) in [5.74, 6) is 0.189. The van der Waals surface area contributed by atoms with Crippen molar-refractivity contribution in [1.29, 1.82) is 0 Å². The Hall–Kier alpha value is -1.16. The van der Waals surface area contributed by atoms with E-state index >= 15 is 0 Å². The van der Waals surface area contributed by atoms with Crippen molar-refractivity contribution >= 4 is 0 Å². The first-order chi connectivity index (χ1) is 7.08. The summed E-state index contributed by atoms with van der Waals surface area (Å²) < 4.78 is 27.9. The molecule has 15 heavy (non-hydrogen) atoms. The van der Waals surface area contributed by atoms with Gasteiger partial charge < -0.3 is 10.5 Å². The minimum absolute atomic E-state index is 0.155. The molecule has 1 aromatic rings. The molecule has 2 nitrogen and oxygen atoms in total. The number of hydrogen-bond acceptors (Lipinski definition) is 2. The van der Waals surface area contributed by atoms with Crippen LogP contribution in [0.2, 0.25) is 0 Å². The molecular formula is C11H15F2NO. The van der Waals surface area contributed by atoms with Crippen molar-refractivity contribution in [3.63, 3.8) is 0 Å². The topological polar surface area (TPSA) is 35.2 Å². The van der Waals surface area contributed by atoms with Crippen molar-refractivity contribution in [1.82, 2.24) is 0 Å². The van der Waals surface area contributed by atoms with Crippen molar-refractivity contribution in [2.45, 2.75) is 32.4 Å². The first-order valence-corrected chi connectivity index (χ1v) is 4.87. The molecule has 2 N–H and O–H groups in total. The van der Waals surface area contributed by atoms with Crippen molar-refractivity contribution < 1.29 is 13.5 Å². The maximum Gasteiger partial charge on any atom is 0.387 e. The van der Waals surface area contributed by atoms with Gasteiger partial charge in [0, 0.05) is 6.04 Å². The molecule has 0 radical (unpaired) electrons. The maximum atomic E-state index is 11.8. The first kappa shape index (κ1) is 11.9. The van der Waals surface area contributed by atoms with Gasteiger partial charge in [0.25, 0.3) is 0 Å². The molecular weight excluding hydrogens is 200 g/mol. The van der Waals surface area contributed by atoms with Crippen LogP contribution in [0.15, 0.2) is 24.3 Å². The summed E-state index contributed by atoms with van der Waals surface area (Å²) in [7, 11) is 0. The second kappa shape index (κ2) is 5.66. The van der Waals surface area contributed by atoms with E-state index in [1.807, 2.05) is 6.92 Å². The average Bonchev–Trinajstić information content (AvgIpc) is 2.16. The summed E-state index contributed by atoms with van der Waals surface area (Å²) in [6, 6.07) is 6.80. The Bertz CT molecular complexity index is 285. The number of aryl methyl sites for hydroxylation is 1. The van der Waals surface area contributed by atoms with E-state index in [0.29, 0.717) is 0 Å². The lowest BCUT2D eigenvalue weighted by atomic mass is 10.1. The quantitative estimate of drug-likeness (QED) is 0.819. The fourth-order valence-corrected chi connectivity index (χ4v) is 1.23. The van der Waals surface area contributed by atoms with Gasteiger partial charge in [-0.15, -0.1) is 0 Å². The highest BCUT2D eigenvalue weighted by Gasteiger charge is 2.03. The average molecular weight is 215 g/mol. The van der Waals surface area contributed by atoms with E-state index < -0.39 is 6.61 Å². The predicted molar refractivity (Wildman–Crippen MR) is 55.0 cm³/mol. The highest BCUT2D eigenvalue weighted by atomic mass is 19.3. The second-order valence-corrected chi connectivity index (χ2v) is 3.54. The normalized spacial score (nSPS) is 12.9. The van der Waals surface area contributed by atoms with Gasteiger partial charge in [0.2, 0.25) is 0 Å². The van der Waals surface area contributed by atoms with Crippen molar-refractivity contribution in [2.24, 2.45) is 5.73 Å². The Morgan fingerprint density at radius 3 is 2.33 bits per heavy atom. The summed E-state index contributed by atoms with van der Waals surface area (Å²) >= 11 is 0. The van der Waals surface area contributed by atoms with Crippen LogP contribution in [0, 0.1) is 0 Å². The van der Waals surface area contributed by atoms with Gasteiger partial charge in [-0.3, -0.25) is 0 Å². The standard InChI is InChI=1S/C11H15F2NO/c1-8(14)2-3-9-4-6-10(7-5-9)15-11(12)13/h4-8,11H,2-3,14H2,1H3/t8-/m0/s1. The monoisotopic (exact) mass is 215 g/mol. The molecule has 1 aromatic carbocycles. The highest BCUT2D eigenvalue weighted by molar-refractivity contribution is 5.27. The largest absolute Gasteiger partial charge is 0.435 e. The zero-order valence-corrected chi connectivity index (χ0v) is 8.62. The number of ether oxygens (including phenoxy) is 1. The minimum atomic E-state index is -2.76. The summed E-state index contributed by atoms with van der Waals surface area (Å²) in [4.78, 5) is 0. The summed E-state index contributed by atoms with van der Waals surface area (Å²) in [6.07, 6.45) is 1.74. The molecule has 1 rings (SSSR count). The van der Waals surface area contributed by atoms with Crippen molar-refractivity contribution in [3.8, 4) is 5.75 Å². The molecule has 0 fully saturated rings. The lowest BCUT2D eigenvalue weighted by Gasteiger charge is -2.07. The number of hydrogen-bond donors (Lipinski definition) is 1. The number of rotatable bonds is 5. The van der Waals surface area contributed by atoms with E-state index in [1.54, 1.807) is 24.3 Å². The Kier molecular flexibility index (Phi) is 4.49. The molecule has 0 unspecified atom stereocenters. The molecule has 4 heteroatoms. The van der Waals surface area contributed by atoms with Crippen LogP contribution in [-0.4, -0.2) is 12.7 Å². The Labute approximate surface area is 88.0 Å². The molecule has 0 spiro atoms. The van der Waals surface area contributed by atoms with Crippen LogP contribution in [0.1, 0.15) is 18.9 Å². The molecule has 0 bridgehead atoms. The Morgan fingerprint density at radius 2 is 1.87 bits per heavy atom. The molecule has 84 valence electrons. The van der Waals surface area contributed by atoms with Crippen LogP contribution in [-0.2, 0) is 6.42 Å².